The van der Waals surface area contributed by atoms with Crippen molar-refractivity contribution < 1.29 is 17.4 Å². The second-order valence-corrected chi connectivity index (χ2v) is 4.47. The van der Waals surface area contributed by atoms with Crippen LogP contribution in [0.5, 0.6) is 0 Å². The monoisotopic (exact) mass is 214 g/mol. The van der Waals surface area contributed by atoms with Crippen LogP contribution < -0.4 is 0 Å². The molecule has 1 rings (SSSR count). The summed E-state index contributed by atoms with van der Waals surface area (Å²) in [4.78, 5) is 3.36. The molecule has 0 aromatic heterocycles. The summed E-state index contributed by atoms with van der Waals surface area (Å²) in [6.45, 7) is 1.69. The average Bonchev–Trinajstić information content (AvgIpc) is 2.16. The first-order chi connectivity index (χ1) is 5.72. The SMILES string of the molecule is CN1CCN(C)C1F.CS(=O)(=O)O. The van der Waals surface area contributed by atoms with Gasteiger partial charge in [0.15, 0.2) is 0 Å². The molecule has 0 atom stereocenters. The highest BCUT2D eigenvalue weighted by molar-refractivity contribution is 7.85. The number of rotatable bonds is 0. The van der Waals surface area contributed by atoms with E-state index in [0.29, 0.717) is 6.26 Å². The van der Waals surface area contributed by atoms with Gasteiger partial charge >= 0.3 is 0 Å². The van der Waals surface area contributed by atoms with E-state index in [1.54, 1.807) is 23.9 Å². The summed E-state index contributed by atoms with van der Waals surface area (Å²) in [7, 11) is -0.0949. The van der Waals surface area contributed by atoms with E-state index in [9.17, 15) is 12.8 Å². The Morgan fingerprint density at radius 1 is 1.31 bits per heavy atom. The number of halogens is 1. The summed E-state index contributed by atoms with van der Waals surface area (Å²) >= 11 is 0. The topological polar surface area (TPSA) is 60.9 Å². The van der Waals surface area contributed by atoms with Gasteiger partial charge in [0.25, 0.3) is 10.1 Å². The van der Waals surface area contributed by atoms with E-state index in [1.165, 1.54) is 0 Å². The molecular weight excluding hydrogens is 199 g/mol. The fourth-order valence-corrected chi connectivity index (χ4v) is 0.865. The fourth-order valence-electron chi connectivity index (χ4n) is 0.865. The van der Waals surface area contributed by atoms with Crippen LogP contribution in [0.15, 0.2) is 0 Å². The fraction of sp³-hybridized carbons (Fsp3) is 1.00. The Morgan fingerprint density at radius 3 is 1.62 bits per heavy atom. The van der Waals surface area contributed by atoms with Gasteiger partial charge in [0, 0.05) is 13.1 Å². The van der Waals surface area contributed by atoms with Gasteiger partial charge < -0.3 is 0 Å². The minimum atomic E-state index is -3.67. The highest BCUT2D eigenvalue weighted by Gasteiger charge is 2.24. The first-order valence-electron chi connectivity index (χ1n) is 3.69. The molecule has 80 valence electrons. The molecule has 0 amide bonds. The molecule has 0 aromatic rings. The Morgan fingerprint density at radius 2 is 1.54 bits per heavy atom. The molecule has 1 aliphatic rings. The van der Waals surface area contributed by atoms with Crippen LogP contribution in [-0.2, 0) is 10.1 Å². The number of alkyl halides is 1. The van der Waals surface area contributed by atoms with Crippen molar-refractivity contribution in [2.75, 3.05) is 33.4 Å². The molecule has 5 nitrogen and oxygen atoms in total. The molecular formula is C6H15FN2O3S. The molecule has 0 bridgehead atoms. The van der Waals surface area contributed by atoms with Crippen molar-refractivity contribution in [1.29, 1.82) is 0 Å². The van der Waals surface area contributed by atoms with Crippen LogP contribution >= 0.6 is 0 Å². The highest BCUT2D eigenvalue weighted by atomic mass is 32.2. The van der Waals surface area contributed by atoms with Crippen LogP contribution in [0.3, 0.4) is 0 Å². The molecule has 7 heteroatoms. The van der Waals surface area contributed by atoms with Gasteiger partial charge in [-0.25, -0.2) is 4.39 Å². The van der Waals surface area contributed by atoms with Crippen molar-refractivity contribution in [1.82, 2.24) is 9.80 Å². The summed E-state index contributed by atoms with van der Waals surface area (Å²) in [6.07, 6.45) is -0.137. The summed E-state index contributed by atoms with van der Waals surface area (Å²) in [5.74, 6) is 0. The molecule has 0 radical (unpaired) electrons. The number of nitrogens with zero attached hydrogens (tertiary/aromatic N) is 2. The van der Waals surface area contributed by atoms with E-state index >= 15 is 0 Å². The third-order valence-electron chi connectivity index (χ3n) is 1.53. The summed E-state index contributed by atoms with van der Waals surface area (Å²) in [6, 6.07) is 0. The van der Waals surface area contributed by atoms with Gasteiger partial charge in [-0.2, -0.15) is 8.42 Å². The smallest absolute Gasteiger partial charge is 0.261 e. The number of hydrogen-bond donors (Lipinski definition) is 1. The lowest BCUT2D eigenvalue weighted by Gasteiger charge is -2.14. The zero-order valence-corrected chi connectivity index (χ0v) is 8.75. The van der Waals surface area contributed by atoms with Crippen molar-refractivity contribution in [3.05, 3.63) is 0 Å². The van der Waals surface area contributed by atoms with Crippen molar-refractivity contribution in [2.45, 2.75) is 6.42 Å². The van der Waals surface area contributed by atoms with Gasteiger partial charge in [0.05, 0.1) is 6.26 Å². The van der Waals surface area contributed by atoms with Crippen molar-refractivity contribution in [2.24, 2.45) is 0 Å². The Balaban J connectivity index is 0.000000252. The number of hydrogen-bond acceptors (Lipinski definition) is 4. The lowest BCUT2D eigenvalue weighted by molar-refractivity contribution is 0.0497. The Labute approximate surface area is 77.9 Å². The maximum absolute atomic E-state index is 12.6. The average molecular weight is 214 g/mol. The molecule has 1 fully saturated rings. The summed E-state index contributed by atoms with van der Waals surface area (Å²) < 4.78 is 38.4. The minimum absolute atomic E-state index is 0.715. The molecule has 0 spiro atoms. The van der Waals surface area contributed by atoms with E-state index < -0.39 is 16.5 Å². The van der Waals surface area contributed by atoms with Gasteiger partial charge in [0.2, 0.25) is 6.42 Å². The van der Waals surface area contributed by atoms with E-state index in [-0.39, 0.29) is 0 Å². The first kappa shape index (κ1) is 12.8. The lowest BCUT2D eigenvalue weighted by atomic mass is 10.6. The predicted molar refractivity (Wildman–Crippen MR) is 47.6 cm³/mol. The minimum Gasteiger partial charge on any atom is -0.286 e. The quantitative estimate of drug-likeness (QED) is 0.440. The standard InChI is InChI=1S/C5H11FN2.CH4O3S/c1-7-3-4-8(2)5(7)6;1-5(2,3)4/h5H,3-4H2,1-2H3;1H3,(H,2,3,4). The first-order valence-corrected chi connectivity index (χ1v) is 5.53. The van der Waals surface area contributed by atoms with Crippen LogP contribution in [0.1, 0.15) is 0 Å². The van der Waals surface area contributed by atoms with E-state index in [2.05, 4.69) is 0 Å². The normalized spacial score (nSPS) is 21.3. The van der Waals surface area contributed by atoms with Crippen LogP contribution in [0, 0.1) is 0 Å². The van der Waals surface area contributed by atoms with Crippen LogP contribution in [0.4, 0.5) is 4.39 Å². The van der Waals surface area contributed by atoms with Gasteiger partial charge in [-0.15, -0.1) is 0 Å². The zero-order chi connectivity index (χ0) is 10.6. The molecule has 13 heavy (non-hydrogen) atoms. The number of likely N-dealkylation sites (N-methyl/N-ethyl adjacent to an activating group) is 2. The van der Waals surface area contributed by atoms with Gasteiger partial charge in [0.1, 0.15) is 0 Å². The maximum atomic E-state index is 12.6. The van der Waals surface area contributed by atoms with E-state index in [4.69, 9.17) is 4.55 Å². The predicted octanol–water partition coefficient (Wildman–Crippen LogP) is -0.379. The van der Waals surface area contributed by atoms with Gasteiger partial charge in [-0.3, -0.25) is 14.4 Å². The van der Waals surface area contributed by atoms with Crippen molar-refractivity contribution >= 4 is 10.1 Å². The van der Waals surface area contributed by atoms with E-state index in [1.807, 2.05) is 0 Å². The van der Waals surface area contributed by atoms with Gasteiger partial charge in [-0.05, 0) is 14.1 Å². The second kappa shape index (κ2) is 4.85. The largest absolute Gasteiger partial charge is 0.286 e. The molecule has 0 aromatic carbocycles. The van der Waals surface area contributed by atoms with Gasteiger partial charge in [-0.1, -0.05) is 0 Å². The third kappa shape index (κ3) is 6.88. The molecule has 0 unspecified atom stereocenters. The Kier molecular flexibility index (Phi) is 4.76. The Hall–Kier alpha value is -0.240. The molecule has 1 N–H and O–H groups in total. The second-order valence-electron chi connectivity index (χ2n) is 3.00. The summed E-state index contributed by atoms with van der Waals surface area (Å²) in [5, 5.41) is 0. The lowest BCUT2D eigenvalue weighted by Crippen LogP contribution is -2.29. The van der Waals surface area contributed by atoms with Crippen LogP contribution in [0.25, 0.3) is 0 Å². The Bertz CT molecular complexity index is 226. The maximum Gasteiger partial charge on any atom is 0.261 e. The molecule has 1 aliphatic heterocycles. The molecule has 1 saturated heterocycles. The molecule has 1 heterocycles. The highest BCUT2D eigenvalue weighted by Crippen LogP contribution is 2.09. The van der Waals surface area contributed by atoms with E-state index in [0.717, 1.165) is 13.1 Å². The van der Waals surface area contributed by atoms with Crippen LogP contribution in [0.2, 0.25) is 0 Å². The molecule has 0 aliphatic carbocycles. The molecule has 0 saturated carbocycles. The zero-order valence-electron chi connectivity index (χ0n) is 7.94. The third-order valence-corrected chi connectivity index (χ3v) is 1.53. The van der Waals surface area contributed by atoms with Crippen molar-refractivity contribution in [3.63, 3.8) is 0 Å². The summed E-state index contributed by atoms with van der Waals surface area (Å²) in [5.41, 5.74) is 0. The van der Waals surface area contributed by atoms with Crippen LogP contribution in [-0.4, -0.2) is 62.6 Å². The van der Waals surface area contributed by atoms with Crippen molar-refractivity contribution in [3.8, 4) is 0 Å².